The molecule has 3 amide bonds. The van der Waals surface area contributed by atoms with Gasteiger partial charge < -0.3 is 5.32 Å². The minimum atomic E-state index is -4.47. The molecular weight excluding hydrogens is 373 g/mol. The molecule has 1 aliphatic heterocycles. The topological polar surface area (TPSA) is 66.5 Å². The highest BCUT2D eigenvalue weighted by Crippen LogP contribution is 2.52. The molecular formula is C20H19F3N2O3. The number of imide groups is 1. The van der Waals surface area contributed by atoms with Crippen LogP contribution in [0.3, 0.4) is 0 Å². The van der Waals surface area contributed by atoms with Gasteiger partial charge in [-0.2, -0.15) is 13.2 Å². The molecule has 3 aliphatic rings. The highest BCUT2D eigenvalue weighted by Gasteiger charge is 2.59. The number of allylic oxidation sites excluding steroid dienone is 2. The van der Waals surface area contributed by atoms with E-state index < -0.39 is 30.2 Å². The number of carbonyl (C=O) groups excluding carboxylic acids is 3. The van der Waals surface area contributed by atoms with Crippen LogP contribution < -0.4 is 5.32 Å². The summed E-state index contributed by atoms with van der Waals surface area (Å²) in [4.78, 5) is 38.6. The molecule has 0 radical (unpaired) electrons. The van der Waals surface area contributed by atoms with Gasteiger partial charge in [-0.1, -0.05) is 24.3 Å². The summed E-state index contributed by atoms with van der Waals surface area (Å²) in [5.74, 6) is -1.87. The van der Waals surface area contributed by atoms with Crippen molar-refractivity contribution in [2.24, 2.45) is 23.7 Å². The number of benzene rings is 1. The summed E-state index contributed by atoms with van der Waals surface area (Å²) in [6.07, 6.45) is 0.269. The van der Waals surface area contributed by atoms with Crippen molar-refractivity contribution < 1.29 is 27.6 Å². The third-order valence-electron chi connectivity index (χ3n) is 5.95. The fraction of sp³-hybridized carbons (Fsp3) is 0.450. The van der Waals surface area contributed by atoms with Crippen molar-refractivity contribution in [3.05, 3.63) is 47.5 Å². The third-order valence-corrected chi connectivity index (χ3v) is 5.95. The van der Waals surface area contributed by atoms with E-state index >= 15 is 0 Å². The van der Waals surface area contributed by atoms with Crippen LogP contribution in [-0.2, 0) is 20.6 Å². The number of likely N-dealkylation sites (tertiary alicyclic amines) is 1. The fourth-order valence-corrected chi connectivity index (χ4v) is 4.62. The average Bonchev–Trinajstić information content (AvgIpc) is 3.31. The smallest absolute Gasteiger partial charge is 0.348 e. The Balaban J connectivity index is 1.41. The van der Waals surface area contributed by atoms with Gasteiger partial charge in [0.15, 0.2) is 0 Å². The summed E-state index contributed by atoms with van der Waals surface area (Å²) in [5.41, 5.74) is -0.506. The Morgan fingerprint density at radius 2 is 1.79 bits per heavy atom. The second-order valence-electron chi connectivity index (χ2n) is 7.67. The van der Waals surface area contributed by atoms with Crippen molar-refractivity contribution >= 4 is 17.7 Å². The van der Waals surface area contributed by atoms with Gasteiger partial charge in [-0.15, -0.1) is 0 Å². The van der Waals surface area contributed by atoms with Crippen LogP contribution in [-0.4, -0.2) is 29.2 Å². The van der Waals surface area contributed by atoms with Crippen LogP contribution in [0.5, 0.6) is 0 Å². The molecule has 1 N–H and O–H groups in total. The van der Waals surface area contributed by atoms with Crippen molar-refractivity contribution in [1.82, 2.24) is 10.2 Å². The zero-order valence-corrected chi connectivity index (χ0v) is 15.1. The average molecular weight is 392 g/mol. The number of halogens is 3. The van der Waals surface area contributed by atoms with E-state index in [1.165, 1.54) is 12.1 Å². The molecule has 1 aromatic rings. The first-order valence-electron chi connectivity index (χ1n) is 9.17. The minimum Gasteiger partial charge on any atom is -0.348 e. The van der Waals surface area contributed by atoms with Crippen molar-refractivity contribution in [3.63, 3.8) is 0 Å². The molecule has 1 heterocycles. The van der Waals surface area contributed by atoms with E-state index in [1.807, 2.05) is 12.2 Å². The maximum atomic E-state index is 12.9. The van der Waals surface area contributed by atoms with Crippen LogP contribution >= 0.6 is 0 Å². The van der Waals surface area contributed by atoms with E-state index in [0.717, 1.165) is 23.5 Å². The van der Waals surface area contributed by atoms with E-state index in [1.54, 1.807) is 6.92 Å². The number of carbonyl (C=O) groups is 3. The summed E-state index contributed by atoms with van der Waals surface area (Å²) in [7, 11) is 0. The molecule has 0 aromatic heterocycles. The quantitative estimate of drug-likeness (QED) is 0.633. The summed E-state index contributed by atoms with van der Waals surface area (Å²) in [6.45, 7) is 1.15. The first-order valence-corrected chi connectivity index (χ1v) is 9.17. The molecule has 28 heavy (non-hydrogen) atoms. The van der Waals surface area contributed by atoms with E-state index in [9.17, 15) is 27.6 Å². The van der Waals surface area contributed by atoms with Gasteiger partial charge >= 0.3 is 6.18 Å². The van der Waals surface area contributed by atoms with Gasteiger partial charge in [0, 0.05) is 0 Å². The van der Waals surface area contributed by atoms with Crippen molar-refractivity contribution in [1.29, 1.82) is 0 Å². The highest BCUT2D eigenvalue weighted by atomic mass is 19.4. The van der Waals surface area contributed by atoms with E-state index in [-0.39, 0.29) is 35.5 Å². The molecule has 1 aromatic carbocycles. The molecule has 1 saturated carbocycles. The lowest BCUT2D eigenvalue weighted by molar-refractivity contribution is -0.144. The van der Waals surface area contributed by atoms with Gasteiger partial charge in [0.2, 0.25) is 17.7 Å². The monoisotopic (exact) mass is 392 g/mol. The molecule has 4 rings (SSSR count). The van der Waals surface area contributed by atoms with Crippen molar-refractivity contribution in [3.8, 4) is 0 Å². The van der Waals surface area contributed by atoms with Crippen LogP contribution in [0.25, 0.3) is 0 Å². The maximum Gasteiger partial charge on any atom is 0.416 e. The van der Waals surface area contributed by atoms with E-state index in [2.05, 4.69) is 5.32 Å². The lowest BCUT2D eigenvalue weighted by atomic mass is 9.85. The fourth-order valence-electron chi connectivity index (χ4n) is 4.62. The molecule has 5 unspecified atom stereocenters. The molecule has 2 aliphatic carbocycles. The Kier molecular flexibility index (Phi) is 4.32. The normalized spacial score (nSPS) is 29.4. The van der Waals surface area contributed by atoms with Crippen LogP contribution in [0.15, 0.2) is 36.4 Å². The third kappa shape index (κ3) is 3.00. The molecule has 2 bridgehead atoms. The van der Waals surface area contributed by atoms with Gasteiger partial charge in [-0.3, -0.25) is 19.3 Å². The Morgan fingerprint density at radius 1 is 1.18 bits per heavy atom. The molecule has 8 heteroatoms. The number of fused-ring (bicyclic) bond motifs is 5. The first-order chi connectivity index (χ1) is 13.2. The maximum absolute atomic E-state index is 12.9. The molecule has 5 nitrogen and oxygen atoms in total. The summed E-state index contributed by atoms with van der Waals surface area (Å²) in [6, 6.07) is 4.00. The second kappa shape index (κ2) is 6.46. The molecule has 0 spiro atoms. The number of amides is 3. The number of nitrogens with zero attached hydrogens (tertiary/aromatic N) is 1. The van der Waals surface area contributed by atoms with Gasteiger partial charge in [0.05, 0.1) is 23.4 Å². The van der Waals surface area contributed by atoms with Gasteiger partial charge in [0.1, 0.15) is 6.54 Å². The Bertz CT molecular complexity index is 850. The van der Waals surface area contributed by atoms with Crippen LogP contribution in [0.1, 0.15) is 30.5 Å². The largest absolute Gasteiger partial charge is 0.416 e. The predicted molar refractivity (Wildman–Crippen MR) is 92.4 cm³/mol. The summed E-state index contributed by atoms with van der Waals surface area (Å²) in [5, 5.41) is 2.58. The van der Waals surface area contributed by atoms with Gasteiger partial charge in [-0.05, 0) is 42.9 Å². The Hall–Kier alpha value is -2.64. The van der Waals surface area contributed by atoms with E-state index in [4.69, 9.17) is 0 Å². The highest BCUT2D eigenvalue weighted by molar-refractivity contribution is 6.08. The summed E-state index contributed by atoms with van der Waals surface area (Å²) < 4.78 is 38.6. The van der Waals surface area contributed by atoms with Crippen LogP contribution in [0, 0.1) is 23.7 Å². The standard InChI is InChI=1S/C20H19F3N2O3/c1-10(11-3-2-4-14(8-11)20(21,22)23)24-15(26)9-25-18(27)16-12-5-6-13(7-12)17(16)19(25)28/h2-6,8,10,12-13,16-17H,7,9H2,1H3,(H,24,26). The zero-order valence-electron chi connectivity index (χ0n) is 15.1. The zero-order chi connectivity index (χ0) is 20.2. The SMILES string of the molecule is CC(NC(=O)CN1C(=O)C2C3C=CC(C3)C2C1=O)c1cccc(C(F)(F)F)c1. The number of rotatable bonds is 4. The molecule has 148 valence electrons. The first kappa shape index (κ1) is 18.7. The van der Waals surface area contributed by atoms with Crippen molar-refractivity contribution in [2.45, 2.75) is 25.6 Å². The number of alkyl halides is 3. The molecule has 2 fully saturated rings. The minimum absolute atomic E-state index is 0.0588. The Morgan fingerprint density at radius 3 is 2.36 bits per heavy atom. The molecule has 5 atom stereocenters. The predicted octanol–water partition coefficient (Wildman–Crippen LogP) is 2.69. The van der Waals surface area contributed by atoms with Crippen molar-refractivity contribution in [2.75, 3.05) is 6.54 Å². The number of nitrogens with one attached hydrogen (secondary N) is 1. The lowest BCUT2D eigenvalue weighted by Gasteiger charge is -2.20. The summed E-state index contributed by atoms with van der Waals surface area (Å²) >= 11 is 0. The second-order valence-corrected chi connectivity index (χ2v) is 7.67. The number of hydrogen-bond donors (Lipinski definition) is 1. The molecule has 1 saturated heterocycles. The van der Waals surface area contributed by atoms with Crippen LogP contribution in [0.4, 0.5) is 13.2 Å². The van der Waals surface area contributed by atoms with Gasteiger partial charge in [-0.25, -0.2) is 0 Å². The van der Waals surface area contributed by atoms with E-state index in [0.29, 0.717) is 5.56 Å². The lowest BCUT2D eigenvalue weighted by Crippen LogP contribution is -2.42. The Labute approximate surface area is 159 Å². The van der Waals surface area contributed by atoms with Gasteiger partial charge in [0.25, 0.3) is 0 Å². The number of hydrogen-bond acceptors (Lipinski definition) is 3. The van der Waals surface area contributed by atoms with Crippen LogP contribution in [0.2, 0.25) is 0 Å².